The van der Waals surface area contributed by atoms with E-state index in [0.29, 0.717) is 0 Å². The molecule has 3 N–H and O–H groups in total. The van der Waals surface area contributed by atoms with Crippen LogP contribution in [-0.2, 0) is 5.48 Å². The summed E-state index contributed by atoms with van der Waals surface area (Å²) in [7, 11) is 0. The molecule has 0 bridgehead atoms. The molecule has 0 saturated carbocycles. The predicted molar refractivity (Wildman–Crippen MR) is 115 cm³/mol. The van der Waals surface area contributed by atoms with Gasteiger partial charge in [-0.1, -0.05) is 121 Å². The maximum absolute atomic E-state index is 2.26. The molecule has 0 aromatic heterocycles. The van der Waals surface area contributed by atoms with Crippen molar-refractivity contribution < 1.29 is 5.48 Å². The van der Waals surface area contributed by atoms with Gasteiger partial charge in [0.25, 0.3) is 0 Å². The van der Waals surface area contributed by atoms with Gasteiger partial charge in [-0.2, -0.15) is 21.9 Å². The summed E-state index contributed by atoms with van der Waals surface area (Å²) in [4.78, 5) is 0. The highest BCUT2D eigenvalue weighted by atomic mass is 16.0. The van der Waals surface area contributed by atoms with E-state index in [1.54, 1.807) is 0 Å². The fourth-order valence-electron chi connectivity index (χ4n) is 4.12. The molecule has 0 amide bonds. The summed E-state index contributed by atoms with van der Waals surface area (Å²) in [6.07, 6.45) is -1.22. The quantitative estimate of drug-likeness (QED) is 0.404. The molecule has 0 aliphatic carbocycles. The van der Waals surface area contributed by atoms with Gasteiger partial charge < -0.3 is 5.48 Å². The van der Waals surface area contributed by atoms with Crippen LogP contribution in [0.4, 0.5) is 0 Å². The van der Waals surface area contributed by atoms with Crippen molar-refractivity contribution in [2.24, 2.45) is 0 Å². The molecule has 0 radical (unpaired) electrons. The molecule has 0 aliphatic heterocycles. The van der Waals surface area contributed by atoms with Gasteiger partial charge in [-0.25, -0.2) is 0 Å². The lowest BCUT2D eigenvalue weighted by Gasteiger charge is -2.44. The molecule has 128 valence electrons. The third kappa shape index (κ3) is 2.96. The summed E-state index contributed by atoms with van der Waals surface area (Å²) < 4.78 is 0. The fraction of sp³-hybridized carbons (Fsp3) is 0. The van der Waals surface area contributed by atoms with Crippen LogP contribution < -0.4 is 21.9 Å². The van der Waals surface area contributed by atoms with E-state index in [0.717, 1.165) is 0 Å². The Kier molecular flexibility index (Phi) is 5.35. The maximum atomic E-state index is 2.26. The van der Waals surface area contributed by atoms with Crippen LogP contribution in [-0.4, -0.2) is 6.15 Å². The van der Waals surface area contributed by atoms with Gasteiger partial charge in [0.1, 0.15) is 6.15 Å². The molecular formula is C24H23BO. The van der Waals surface area contributed by atoms with E-state index in [1.165, 1.54) is 21.9 Å². The van der Waals surface area contributed by atoms with Crippen LogP contribution in [0.15, 0.2) is 121 Å². The minimum Gasteiger partial charge on any atom is -0.457 e. The topological polar surface area (TPSA) is 33.0 Å². The fourth-order valence-corrected chi connectivity index (χ4v) is 4.12. The Morgan fingerprint density at radius 1 is 0.308 bits per heavy atom. The Balaban J connectivity index is 0.00000196. The first-order chi connectivity index (χ1) is 12.4. The zero-order valence-corrected chi connectivity index (χ0v) is 14.7. The van der Waals surface area contributed by atoms with Crippen LogP contribution in [0.1, 0.15) is 0 Å². The van der Waals surface area contributed by atoms with E-state index in [9.17, 15) is 0 Å². The van der Waals surface area contributed by atoms with E-state index in [2.05, 4.69) is 121 Å². The third-order valence-electron chi connectivity index (χ3n) is 5.20. The van der Waals surface area contributed by atoms with Crippen molar-refractivity contribution in [3.8, 4) is 0 Å². The number of benzene rings is 4. The maximum Gasteiger partial charge on any atom is 0.108 e. The molecule has 0 aliphatic rings. The second-order valence-corrected chi connectivity index (χ2v) is 6.51. The van der Waals surface area contributed by atoms with Gasteiger partial charge in [0.05, 0.1) is 0 Å². The van der Waals surface area contributed by atoms with E-state index < -0.39 is 6.15 Å². The normalized spacial score (nSPS) is 10.8. The molecule has 0 fully saturated rings. The highest BCUT2D eigenvalue weighted by Gasteiger charge is 2.30. The Morgan fingerprint density at radius 2 is 0.500 bits per heavy atom. The lowest BCUT2D eigenvalue weighted by molar-refractivity contribution is 0.686. The molecule has 0 saturated heterocycles. The average Bonchev–Trinajstić information content (AvgIpc) is 2.72. The van der Waals surface area contributed by atoms with Crippen molar-refractivity contribution in [3.05, 3.63) is 121 Å². The zero-order chi connectivity index (χ0) is 17.0. The summed E-state index contributed by atoms with van der Waals surface area (Å²) in [5.41, 5.74) is 5.36. The van der Waals surface area contributed by atoms with Crippen LogP contribution in [0.25, 0.3) is 0 Å². The van der Waals surface area contributed by atoms with Crippen molar-refractivity contribution in [2.45, 2.75) is 0 Å². The van der Waals surface area contributed by atoms with Crippen LogP contribution in [0.5, 0.6) is 0 Å². The van der Waals surface area contributed by atoms with E-state index in [4.69, 9.17) is 0 Å². The van der Waals surface area contributed by atoms with Crippen molar-refractivity contribution in [1.29, 1.82) is 0 Å². The Hall–Kier alpha value is -3.10. The van der Waals surface area contributed by atoms with Crippen molar-refractivity contribution >= 4 is 28.0 Å². The molecule has 0 spiro atoms. The van der Waals surface area contributed by atoms with Crippen molar-refractivity contribution in [1.82, 2.24) is 0 Å². The van der Waals surface area contributed by atoms with Crippen LogP contribution >= 0.6 is 0 Å². The number of hydrogen-bond donors (Lipinski definition) is 0. The summed E-state index contributed by atoms with van der Waals surface area (Å²) in [6.45, 7) is 0. The Bertz CT molecular complexity index is 759. The van der Waals surface area contributed by atoms with Crippen LogP contribution in [0.3, 0.4) is 0 Å². The molecular weight excluding hydrogens is 315 g/mol. The van der Waals surface area contributed by atoms with Crippen LogP contribution in [0.2, 0.25) is 0 Å². The molecule has 0 unspecified atom stereocenters. The lowest BCUT2D eigenvalue weighted by atomic mass is 9.13. The standard InChI is InChI=1S/C24H20B.H2O/c1-5-13-21(14-6-1)25(22-15-7-2-8-16-22,23-17-9-3-10-18-23)24-19-11-4-12-20-24;/h1-20H;1H2/q-1;/p+1. The monoisotopic (exact) mass is 338 g/mol. The van der Waals surface area contributed by atoms with Gasteiger partial charge in [0.2, 0.25) is 0 Å². The third-order valence-corrected chi connectivity index (χ3v) is 5.20. The molecule has 4 rings (SSSR count). The summed E-state index contributed by atoms with van der Waals surface area (Å²) in [6, 6.07) is 43.5. The van der Waals surface area contributed by atoms with E-state index in [-0.39, 0.29) is 5.48 Å². The average molecular weight is 338 g/mol. The van der Waals surface area contributed by atoms with Gasteiger partial charge in [-0.15, -0.1) is 0 Å². The molecule has 4 aromatic rings. The Labute approximate surface area is 155 Å². The minimum absolute atomic E-state index is 0. The molecule has 0 atom stereocenters. The predicted octanol–water partition coefficient (Wildman–Crippen LogP) is 2.14. The van der Waals surface area contributed by atoms with Crippen molar-refractivity contribution in [2.75, 3.05) is 0 Å². The minimum atomic E-state index is -1.22. The highest BCUT2D eigenvalue weighted by molar-refractivity contribution is 7.19. The molecule has 1 nitrogen and oxygen atoms in total. The van der Waals surface area contributed by atoms with Gasteiger partial charge in [-0.05, 0) is 0 Å². The zero-order valence-electron chi connectivity index (χ0n) is 14.7. The number of rotatable bonds is 4. The van der Waals surface area contributed by atoms with E-state index in [1.807, 2.05) is 0 Å². The van der Waals surface area contributed by atoms with E-state index >= 15 is 0 Å². The SMILES string of the molecule is [OH3+].c1ccc([B-](c2ccccc2)(c2ccccc2)c2ccccc2)cc1. The highest BCUT2D eigenvalue weighted by Crippen LogP contribution is 2.09. The van der Waals surface area contributed by atoms with Crippen LogP contribution in [0, 0.1) is 0 Å². The molecule has 0 heterocycles. The molecule has 26 heavy (non-hydrogen) atoms. The van der Waals surface area contributed by atoms with Gasteiger partial charge in [0, 0.05) is 0 Å². The Morgan fingerprint density at radius 3 is 0.692 bits per heavy atom. The molecule has 4 aromatic carbocycles. The number of hydrogen-bond acceptors (Lipinski definition) is 0. The molecule has 2 heteroatoms. The smallest absolute Gasteiger partial charge is 0.108 e. The first kappa shape index (κ1) is 17.7. The van der Waals surface area contributed by atoms with Gasteiger partial charge in [0.15, 0.2) is 0 Å². The summed E-state index contributed by atoms with van der Waals surface area (Å²) in [5, 5.41) is 0. The first-order valence-corrected chi connectivity index (χ1v) is 8.80. The first-order valence-electron chi connectivity index (χ1n) is 8.80. The van der Waals surface area contributed by atoms with Gasteiger partial charge >= 0.3 is 0 Å². The largest absolute Gasteiger partial charge is 0.457 e. The van der Waals surface area contributed by atoms with Crippen molar-refractivity contribution in [3.63, 3.8) is 0 Å². The summed E-state index contributed by atoms with van der Waals surface area (Å²) >= 11 is 0. The second kappa shape index (κ2) is 7.86. The lowest BCUT2D eigenvalue weighted by Crippen LogP contribution is -2.74. The van der Waals surface area contributed by atoms with Gasteiger partial charge in [-0.3, -0.25) is 0 Å². The summed E-state index contributed by atoms with van der Waals surface area (Å²) in [5.74, 6) is 0. The second-order valence-electron chi connectivity index (χ2n) is 6.51.